The summed E-state index contributed by atoms with van der Waals surface area (Å²) in [6, 6.07) is 4.50. The van der Waals surface area contributed by atoms with E-state index in [4.69, 9.17) is 17.3 Å². The second kappa shape index (κ2) is 5.73. The third-order valence-corrected chi connectivity index (χ3v) is 4.86. The first-order valence-electron chi connectivity index (χ1n) is 5.65. The first kappa shape index (κ1) is 16.5. The molecule has 0 bridgehead atoms. The summed E-state index contributed by atoms with van der Waals surface area (Å²) in [5.74, 6) is -1.10. The number of primary amides is 1. The summed E-state index contributed by atoms with van der Waals surface area (Å²) < 4.78 is 40.5. The van der Waals surface area contributed by atoms with Crippen LogP contribution in [-0.2, 0) is 4.79 Å². The Labute approximate surface area is 136 Å². The molecule has 0 aliphatic carbocycles. The van der Waals surface area contributed by atoms with Gasteiger partial charge >= 0.3 is 6.18 Å². The molecule has 0 aromatic heterocycles. The number of hydrogen-bond acceptors (Lipinski definition) is 3. The summed E-state index contributed by atoms with van der Waals surface area (Å²) in [5.41, 5.74) is 4.24. The molecule has 1 heterocycles. The predicted octanol–water partition coefficient (Wildman–Crippen LogP) is 4.26. The molecule has 1 aromatic carbocycles. The summed E-state index contributed by atoms with van der Waals surface area (Å²) in [6.07, 6.45) is -4.70. The number of alkyl halides is 3. The Hall–Kier alpha value is -0.860. The van der Waals surface area contributed by atoms with Crippen molar-refractivity contribution < 1.29 is 18.0 Å². The molecule has 1 aliphatic rings. The number of nitrogens with zero attached hydrogens (tertiary/aromatic N) is 1. The Balaban J connectivity index is 2.65. The van der Waals surface area contributed by atoms with Crippen LogP contribution in [0.3, 0.4) is 0 Å². The Morgan fingerprint density at radius 1 is 1.48 bits per heavy atom. The van der Waals surface area contributed by atoms with Crippen LogP contribution >= 0.6 is 39.3 Å². The molecule has 0 saturated carbocycles. The molecule has 0 spiro atoms. The fraction of sp³-hybridized carbons (Fsp3) is 0.250. The van der Waals surface area contributed by atoms with E-state index in [1.54, 1.807) is 19.1 Å². The van der Waals surface area contributed by atoms with Crippen LogP contribution in [0.1, 0.15) is 6.92 Å². The molecule has 21 heavy (non-hydrogen) atoms. The van der Waals surface area contributed by atoms with E-state index in [1.807, 2.05) is 0 Å². The average Bonchev–Trinajstić information content (AvgIpc) is 2.70. The topological polar surface area (TPSA) is 46.3 Å². The van der Waals surface area contributed by atoms with Crippen LogP contribution in [0.25, 0.3) is 0 Å². The maximum Gasteiger partial charge on any atom is 0.432 e. The normalized spacial score (nSPS) is 19.3. The van der Waals surface area contributed by atoms with E-state index >= 15 is 0 Å². The number of hydrogen-bond donors (Lipinski definition) is 1. The number of rotatable bonds is 2. The molecule has 1 aromatic rings. The van der Waals surface area contributed by atoms with Crippen LogP contribution in [-0.4, -0.2) is 17.5 Å². The lowest BCUT2D eigenvalue weighted by Gasteiger charge is -2.28. The second-order valence-electron chi connectivity index (χ2n) is 4.22. The van der Waals surface area contributed by atoms with E-state index in [2.05, 4.69) is 15.9 Å². The van der Waals surface area contributed by atoms with Gasteiger partial charge in [-0.15, -0.1) is 0 Å². The maximum atomic E-state index is 13.3. The third-order valence-electron chi connectivity index (χ3n) is 2.77. The summed E-state index contributed by atoms with van der Waals surface area (Å²) in [7, 11) is 0. The largest absolute Gasteiger partial charge is 0.432 e. The molecule has 2 rings (SSSR count). The van der Waals surface area contributed by atoms with Crippen molar-refractivity contribution in [1.29, 1.82) is 0 Å². The highest BCUT2D eigenvalue weighted by Gasteiger charge is 2.48. The Morgan fingerprint density at radius 3 is 2.62 bits per heavy atom. The zero-order valence-electron chi connectivity index (χ0n) is 10.5. The number of allylic oxidation sites excluding steroid dienone is 1. The SMILES string of the molecule is CC1SC(C(N)=O)=C(C(F)(F)F)N1c1cc(Cl)ccc1Br. The first-order valence-corrected chi connectivity index (χ1v) is 7.70. The molecule has 9 heteroatoms. The van der Waals surface area contributed by atoms with E-state index in [0.29, 0.717) is 9.50 Å². The number of carbonyl (C=O) groups excluding carboxylic acids is 1. The summed E-state index contributed by atoms with van der Waals surface area (Å²) >= 11 is 9.84. The lowest BCUT2D eigenvalue weighted by atomic mass is 10.2. The van der Waals surface area contributed by atoms with Crippen molar-refractivity contribution in [3.63, 3.8) is 0 Å². The quantitative estimate of drug-likeness (QED) is 0.805. The van der Waals surface area contributed by atoms with Gasteiger partial charge < -0.3 is 10.6 Å². The van der Waals surface area contributed by atoms with Crippen LogP contribution < -0.4 is 10.6 Å². The molecule has 1 unspecified atom stereocenters. The first-order chi connectivity index (χ1) is 9.62. The van der Waals surface area contributed by atoms with Gasteiger partial charge in [0.15, 0.2) is 0 Å². The van der Waals surface area contributed by atoms with Crippen molar-refractivity contribution in [1.82, 2.24) is 0 Å². The van der Waals surface area contributed by atoms with Crippen molar-refractivity contribution in [2.24, 2.45) is 5.73 Å². The minimum Gasteiger partial charge on any atom is -0.365 e. The zero-order chi connectivity index (χ0) is 15.9. The van der Waals surface area contributed by atoms with Crippen molar-refractivity contribution in [3.8, 4) is 0 Å². The van der Waals surface area contributed by atoms with Crippen LogP contribution in [0, 0.1) is 0 Å². The van der Waals surface area contributed by atoms with Gasteiger partial charge in [0.1, 0.15) is 10.6 Å². The van der Waals surface area contributed by atoms with Crippen molar-refractivity contribution in [3.05, 3.63) is 38.3 Å². The summed E-state index contributed by atoms with van der Waals surface area (Å²) in [6.45, 7) is 1.56. The highest BCUT2D eigenvalue weighted by atomic mass is 79.9. The number of thioether (sulfide) groups is 1. The number of carbonyl (C=O) groups is 1. The predicted molar refractivity (Wildman–Crippen MR) is 81.0 cm³/mol. The van der Waals surface area contributed by atoms with Crippen molar-refractivity contribution in [2.75, 3.05) is 4.90 Å². The van der Waals surface area contributed by atoms with E-state index in [0.717, 1.165) is 16.7 Å². The van der Waals surface area contributed by atoms with Gasteiger partial charge in [-0.2, -0.15) is 13.2 Å². The number of amides is 1. The minimum absolute atomic E-state index is 0.228. The van der Waals surface area contributed by atoms with Gasteiger partial charge in [0, 0.05) is 9.50 Å². The minimum atomic E-state index is -4.70. The number of halogens is 5. The lowest BCUT2D eigenvalue weighted by Crippen LogP contribution is -2.34. The Bertz CT molecular complexity index is 635. The van der Waals surface area contributed by atoms with E-state index in [-0.39, 0.29) is 5.69 Å². The van der Waals surface area contributed by atoms with Gasteiger partial charge in [0.25, 0.3) is 5.91 Å². The number of anilines is 1. The molecule has 0 saturated heterocycles. The van der Waals surface area contributed by atoms with Gasteiger partial charge in [-0.25, -0.2) is 0 Å². The highest BCUT2D eigenvalue weighted by molar-refractivity contribution is 9.10. The van der Waals surface area contributed by atoms with Crippen LogP contribution in [0.5, 0.6) is 0 Å². The standard InChI is InChI=1S/C12H9BrClF3N2OS/c1-5-19(8-4-6(14)2-3-7(8)13)10(12(15,16)17)9(21-5)11(18)20/h2-5H,1H3,(H2,18,20). The average molecular weight is 402 g/mol. The van der Waals surface area contributed by atoms with Gasteiger partial charge in [-0.3, -0.25) is 4.79 Å². The molecule has 0 fully saturated rings. The third kappa shape index (κ3) is 3.17. The van der Waals surface area contributed by atoms with E-state index in [9.17, 15) is 18.0 Å². The molecule has 0 radical (unpaired) electrons. The number of nitrogens with two attached hydrogens (primary N) is 1. The van der Waals surface area contributed by atoms with E-state index < -0.39 is 28.1 Å². The molecule has 114 valence electrons. The lowest BCUT2D eigenvalue weighted by molar-refractivity contribution is -0.115. The fourth-order valence-electron chi connectivity index (χ4n) is 2.00. The molecule has 1 aliphatic heterocycles. The fourth-order valence-corrected chi connectivity index (χ4v) is 3.71. The zero-order valence-corrected chi connectivity index (χ0v) is 13.7. The van der Waals surface area contributed by atoms with Gasteiger partial charge in [0.2, 0.25) is 0 Å². The Morgan fingerprint density at radius 2 is 2.10 bits per heavy atom. The smallest absolute Gasteiger partial charge is 0.365 e. The molecule has 3 nitrogen and oxygen atoms in total. The maximum absolute atomic E-state index is 13.3. The van der Waals surface area contributed by atoms with Gasteiger partial charge in [-0.05, 0) is 41.1 Å². The number of benzene rings is 1. The van der Waals surface area contributed by atoms with E-state index in [1.165, 1.54) is 6.07 Å². The molecule has 1 atom stereocenters. The second-order valence-corrected chi connectivity index (χ2v) is 6.84. The van der Waals surface area contributed by atoms with Crippen molar-refractivity contribution in [2.45, 2.75) is 18.5 Å². The van der Waals surface area contributed by atoms with Gasteiger partial charge in [0.05, 0.1) is 11.1 Å². The van der Waals surface area contributed by atoms with Crippen LogP contribution in [0.2, 0.25) is 5.02 Å². The van der Waals surface area contributed by atoms with Crippen LogP contribution in [0.15, 0.2) is 33.3 Å². The molecular weight excluding hydrogens is 393 g/mol. The molecule has 2 N–H and O–H groups in total. The monoisotopic (exact) mass is 400 g/mol. The summed E-state index contributed by atoms with van der Waals surface area (Å²) in [4.78, 5) is 11.8. The Kier molecular flexibility index (Phi) is 4.51. The van der Waals surface area contributed by atoms with Crippen LogP contribution in [0.4, 0.5) is 18.9 Å². The highest BCUT2D eigenvalue weighted by Crippen LogP contribution is 2.49. The van der Waals surface area contributed by atoms with Gasteiger partial charge in [-0.1, -0.05) is 23.4 Å². The molecular formula is C12H9BrClF3N2OS. The summed E-state index contributed by atoms with van der Waals surface area (Å²) in [5, 5.41) is -0.349. The molecule has 1 amide bonds. The van der Waals surface area contributed by atoms with Crippen molar-refractivity contribution >= 4 is 50.9 Å².